The zero-order valence-corrected chi connectivity index (χ0v) is 21.9. The fourth-order valence-corrected chi connectivity index (χ4v) is 5.84. The van der Waals surface area contributed by atoms with Gasteiger partial charge in [0.2, 0.25) is 0 Å². The molecule has 0 radical (unpaired) electrons. The minimum atomic E-state index is -2.63. The Kier molecular flexibility index (Phi) is 5.28. The maximum Gasteiger partial charge on any atom is 0.261 e. The topological polar surface area (TPSA) is 131 Å². The number of alkyl halides is 2. The lowest BCUT2D eigenvalue weighted by atomic mass is 10.0. The summed E-state index contributed by atoms with van der Waals surface area (Å²) in [5, 5.41) is 3.39. The number of H-pyrrole nitrogens is 1. The van der Waals surface area contributed by atoms with Crippen LogP contribution in [0.25, 0.3) is 16.7 Å². The van der Waals surface area contributed by atoms with Gasteiger partial charge in [0.15, 0.2) is 5.82 Å². The van der Waals surface area contributed by atoms with Gasteiger partial charge in [-0.3, -0.25) is 24.8 Å². The van der Waals surface area contributed by atoms with Crippen LogP contribution >= 0.6 is 0 Å². The van der Waals surface area contributed by atoms with E-state index in [1.165, 1.54) is 0 Å². The highest BCUT2D eigenvalue weighted by Gasteiger charge is 2.39. The molecule has 4 N–H and O–H groups in total. The molecule has 0 saturated carbocycles. The third-order valence-corrected chi connectivity index (χ3v) is 7.91. The number of aromatic amines is 1. The molecule has 204 valence electrons. The van der Waals surface area contributed by atoms with Gasteiger partial charge in [-0.05, 0) is 42.0 Å². The molecule has 0 bridgehead atoms. The SMILES string of the molecule is NC1N=C(c2nc3c([nH]2)C2NC2=CC=C3c2ccccn2)c2cc(-c3cncc(CN4CCC(F)(F)C4)c3)cnc21. The van der Waals surface area contributed by atoms with E-state index < -0.39 is 12.1 Å². The van der Waals surface area contributed by atoms with Crippen molar-refractivity contribution in [1.82, 2.24) is 35.1 Å². The van der Waals surface area contributed by atoms with Crippen LogP contribution in [0.1, 0.15) is 58.4 Å². The summed E-state index contributed by atoms with van der Waals surface area (Å²) in [5.41, 5.74) is 15.7. The van der Waals surface area contributed by atoms with Crippen molar-refractivity contribution in [3.8, 4) is 11.1 Å². The molecule has 1 aliphatic carbocycles. The van der Waals surface area contributed by atoms with Gasteiger partial charge in [0.1, 0.15) is 17.9 Å². The largest absolute Gasteiger partial charge is 0.373 e. The van der Waals surface area contributed by atoms with E-state index in [0.717, 1.165) is 50.6 Å². The Balaban J connectivity index is 1.13. The molecule has 0 spiro atoms. The second kappa shape index (κ2) is 8.95. The van der Waals surface area contributed by atoms with Crippen molar-refractivity contribution in [3.63, 3.8) is 0 Å². The molecule has 4 aliphatic rings. The highest BCUT2D eigenvalue weighted by Crippen LogP contribution is 2.41. The standard InChI is InChI=1S/C30H25F2N9/c31-30(32)6-8-41(15-30)14-16-9-17(12-34-11-16)18-10-20-24(36-13-18)28(33)38-25(20)29-39-23-19(21-3-1-2-7-35-21)4-5-22-26(37-22)27(23)40-29/h1-5,7,9-13,26,28,37H,6,8,14-15,33H2,(H,39,40). The number of halogens is 2. The maximum atomic E-state index is 13.7. The molecule has 2 unspecified atom stereocenters. The number of fused-ring (bicyclic) bond motifs is 4. The van der Waals surface area contributed by atoms with E-state index in [1.807, 2.05) is 36.4 Å². The zero-order chi connectivity index (χ0) is 27.7. The second-order valence-electron chi connectivity index (χ2n) is 10.8. The van der Waals surface area contributed by atoms with Crippen LogP contribution in [0, 0.1) is 0 Å². The fraction of sp³-hybridized carbons (Fsp3) is 0.233. The van der Waals surface area contributed by atoms with Crippen LogP contribution in [0.4, 0.5) is 8.78 Å². The summed E-state index contributed by atoms with van der Waals surface area (Å²) < 4.78 is 27.4. The quantitative estimate of drug-likeness (QED) is 0.322. The fourth-order valence-electron chi connectivity index (χ4n) is 5.84. The molecule has 4 aromatic rings. The van der Waals surface area contributed by atoms with Crippen molar-refractivity contribution in [3.05, 3.63) is 113 Å². The van der Waals surface area contributed by atoms with Crippen molar-refractivity contribution in [1.29, 1.82) is 0 Å². The highest BCUT2D eigenvalue weighted by molar-refractivity contribution is 6.14. The number of rotatable bonds is 5. The highest BCUT2D eigenvalue weighted by atomic mass is 19.3. The minimum Gasteiger partial charge on any atom is -0.373 e. The number of pyridine rings is 3. The number of aliphatic imine (C=N–C) groups is 1. The van der Waals surface area contributed by atoms with Crippen LogP contribution in [0.2, 0.25) is 0 Å². The number of aromatic nitrogens is 5. The Labute approximate surface area is 234 Å². The molecule has 2 fully saturated rings. The Hall–Kier alpha value is -4.61. The number of nitrogens with two attached hydrogens (primary N) is 1. The first-order valence-electron chi connectivity index (χ1n) is 13.5. The number of allylic oxidation sites excluding steroid dienone is 2. The predicted molar refractivity (Wildman–Crippen MR) is 149 cm³/mol. The molecule has 11 heteroatoms. The molecule has 3 aliphatic heterocycles. The number of nitrogens with zero attached hydrogens (tertiary/aromatic N) is 6. The van der Waals surface area contributed by atoms with Gasteiger partial charge >= 0.3 is 0 Å². The predicted octanol–water partition coefficient (Wildman–Crippen LogP) is 3.88. The first-order chi connectivity index (χ1) is 19.9. The number of hydrogen-bond acceptors (Lipinski definition) is 8. The van der Waals surface area contributed by atoms with E-state index in [4.69, 9.17) is 15.7 Å². The molecule has 2 atom stereocenters. The summed E-state index contributed by atoms with van der Waals surface area (Å²) >= 11 is 0. The third-order valence-electron chi connectivity index (χ3n) is 7.91. The van der Waals surface area contributed by atoms with Gasteiger partial charge in [-0.1, -0.05) is 6.07 Å². The molecule has 9 nitrogen and oxygen atoms in total. The molecular weight excluding hydrogens is 524 g/mol. The average molecular weight is 550 g/mol. The number of likely N-dealkylation sites (tertiary alicyclic amines) is 1. The van der Waals surface area contributed by atoms with Crippen LogP contribution < -0.4 is 11.1 Å². The summed E-state index contributed by atoms with van der Waals surface area (Å²) in [7, 11) is 0. The summed E-state index contributed by atoms with van der Waals surface area (Å²) in [6, 6.07) is 9.86. The van der Waals surface area contributed by atoms with E-state index >= 15 is 0 Å². The number of nitrogens with one attached hydrogen (secondary N) is 2. The van der Waals surface area contributed by atoms with Crippen molar-refractivity contribution < 1.29 is 8.78 Å². The van der Waals surface area contributed by atoms with Gasteiger partial charge in [0.25, 0.3) is 5.92 Å². The van der Waals surface area contributed by atoms with Gasteiger partial charge in [-0.25, -0.2) is 13.8 Å². The van der Waals surface area contributed by atoms with E-state index in [2.05, 4.69) is 31.3 Å². The van der Waals surface area contributed by atoms with E-state index in [1.54, 1.807) is 29.7 Å². The number of imidazole rings is 1. The summed E-state index contributed by atoms with van der Waals surface area (Å²) in [6.45, 7) is 0.558. The lowest BCUT2D eigenvalue weighted by molar-refractivity contribution is 0.0115. The summed E-state index contributed by atoms with van der Waals surface area (Å²) in [4.78, 5) is 28.6. The van der Waals surface area contributed by atoms with E-state index in [0.29, 0.717) is 30.3 Å². The summed E-state index contributed by atoms with van der Waals surface area (Å²) in [5.74, 6) is -2.02. The lowest BCUT2D eigenvalue weighted by Gasteiger charge is -2.16. The van der Waals surface area contributed by atoms with Crippen molar-refractivity contribution in [2.45, 2.75) is 31.1 Å². The molecule has 2 saturated heterocycles. The monoisotopic (exact) mass is 549 g/mol. The first kappa shape index (κ1) is 24.2. The van der Waals surface area contributed by atoms with Crippen LogP contribution in [0.5, 0.6) is 0 Å². The van der Waals surface area contributed by atoms with E-state index in [-0.39, 0.29) is 19.0 Å². The first-order valence-corrected chi connectivity index (χ1v) is 13.5. The maximum absolute atomic E-state index is 13.7. The van der Waals surface area contributed by atoms with Gasteiger partial charge in [-0.2, -0.15) is 0 Å². The van der Waals surface area contributed by atoms with Crippen molar-refractivity contribution >= 4 is 11.3 Å². The smallest absolute Gasteiger partial charge is 0.261 e. The molecule has 0 amide bonds. The van der Waals surface area contributed by atoms with Crippen LogP contribution in [-0.4, -0.2) is 54.5 Å². The van der Waals surface area contributed by atoms with Crippen LogP contribution in [0.3, 0.4) is 0 Å². The Bertz CT molecular complexity index is 1790. The minimum absolute atomic E-state index is 0.0627. The molecule has 8 rings (SSSR count). The van der Waals surface area contributed by atoms with Crippen LogP contribution in [-0.2, 0) is 6.54 Å². The van der Waals surface area contributed by atoms with Gasteiger partial charge in [-0.15, -0.1) is 0 Å². The third kappa shape index (κ3) is 4.25. The van der Waals surface area contributed by atoms with Crippen molar-refractivity contribution in [2.24, 2.45) is 10.7 Å². The average Bonchev–Trinajstić information content (AvgIpc) is 3.36. The Morgan fingerprint density at radius 1 is 1.07 bits per heavy atom. The van der Waals surface area contributed by atoms with Gasteiger partial charge in [0, 0.05) is 72.3 Å². The lowest BCUT2D eigenvalue weighted by Crippen LogP contribution is -2.24. The zero-order valence-electron chi connectivity index (χ0n) is 21.9. The van der Waals surface area contributed by atoms with Crippen LogP contribution in [0.15, 0.2) is 78.0 Å². The normalized spacial score (nSPS) is 22.1. The molecule has 4 aromatic heterocycles. The van der Waals surface area contributed by atoms with Crippen molar-refractivity contribution in [2.75, 3.05) is 13.1 Å². The summed E-state index contributed by atoms with van der Waals surface area (Å²) in [6.07, 6.45) is 10.4. The van der Waals surface area contributed by atoms with E-state index in [9.17, 15) is 8.78 Å². The molecular formula is C30H25F2N9. The van der Waals surface area contributed by atoms with Gasteiger partial charge < -0.3 is 16.0 Å². The molecule has 7 heterocycles. The van der Waals surface area contributed by atoms with Gasteiger partial charge in [0.05, 0.1) is 29.3 Å². The number of hydrogen-bond donors (Lipinski definition) is 3. The second-order valence-corrected chi connectivity index (χ2v) is 10.8. The Morgan fingerprint density at radius 3 is 2.80 bits per heavy atom. The molecule has 41 heavy (non-hydrogen) atoms. The Morgan fingerprint density at radius 2 is 1.98 bits per heavy atom. The molecule has 0 aromatic carbocycles.